The Kier molecular flexibility index (Phi) is 4.51. The molecule has 1 heterocycles. The van der Waals surface area contributed by atoms with Crippen LogP contribution in [0, 0.1) is 0 Å². The minimum atomic E-state index is -0.523. The third kappa shape index (κ3) is 3.24. The number of para-hydroxylation sites is 1. The van der Waals surface area contributed by atoms with E-state index in [1.807, 2.05) is 48.5 Å². The van der Waals surface area contributed by atoms with Crippen LogP contribution >= 0.6 is 0 Å². The van der Waals surface area contributed by atoms with Gasteiger partial charge in [0, 0.05) is 0 Å². The predicted molar refractivity (Wildman–Crippen MR) is 91.0 cm³/mol. The van der Waals surface area contributed by atoms with Gasteiger partial charge in [-0.3, -0.25) is 4.79 Å². The number of hydrogen-bond donors (Lipinski definition) is 1. The maximum atomic E-state index is 12.2. The molecule has 3 rings (SSSR count). The summed E-state index contributed by atoms with van der Waals surface area (Å²) < 4.78 is 6.67. The van der Waals surface area contributed by atoms with Crippen LogP contribution in [0.15, 0.2) is 53.6 Å². The second-order valence-electron chi connectivity index (χ2n) is 5.21. The van der Waals surface area contributed by atoms with E-state index in [0.717, 1.165) is 22.3 Å². The van der Waals surface area contributed by atoms with Crippen molar-refractivity contribution in [2.45, 2.75) is 13.0 Å². The molecule has 0 aliphatic heterocycles. The Hall–Kier alpha value is -3.22. The SMILES string of the molecule is COc1ccc(/C=N\NC(=O)[C@H](C)n2nnc3ccccc32)cc1. The molecule has 0 fully saturated rings. The predicted octanol–water partition coefficient (Wildman–Crippen LogP) is 2.15. The molecule has 24 heavy (non-hydrogen) atoms. The zero-order valence-electron chi connectivity index (χ0n) is 13.4. The largest absolute Gasteiger partial charge is 0.497 e. The van der Waals surface area contributed by atoms with Crippen LogP contribution in [0.4, 0.5) is 0 Å². The first kappa shape index (κ1) is 15.7. The number of nitrogens with zero attached hydrogens (tertiary/aromatic N) is 4. The number of carbonyl (C=O) groups excluding carboxylic acids is 1. The molecule has 7 nitrogen and oxygen atoms in total. The number of nitrogens with one attached hydrogen (secondary N) is 1. The number of carbonyl (C=O) groups is 1. The van der Waals surface area contributed by atoms with Gasteiger partial charge in [0.05, 0.1) is 18.8 Å². The van der Waals surface area contributed by atoms with Gasteiger partial charge in [0.1, 0.15) is 17.3 Å². The van der Waals surface area contributed by atoms with Crippen LogP contribution in [0.3, 0.4) is 0 Å². The summed E-state index contributed by atoms with van der Waals surface area (Å²) in [7, 11) is 1.61. The number of aromatic nitrogens is 3. The van der Waals surface area contributed by atoms with Gasteiger partial charge >= 0.3 is 0 Å². The number of hydrogen-bond acceptors (Lipinski definition) is 5. The van der Waals surface area contributed by atoms with Crippen molar-refractivity contribution in [3.63, 3.8) is 0 Å². The molecule has 2 aromatic carbocycles. The van der Waals surface area contributed by atoms with E-state index in [-0.39, 0.29) is 5.91 Å². The van der Waals surface area contributed by atoms with Crippen LogP contribution in [-0.2, 0) is 4.79 Å². The van der Waals surface area contributed by atoms with Gasteiger partial charge in [-0.1, -0.05) is 17.3 Å². The summed E-state index contributed by atoms with van der Waals surface area (Å²) >= 11 is 0. The molecule has 1 amide bonds. The van der Waals surface area contributed by atoms with Crippen molar-refractivity contribution in [1.82, 2.24) is 20.4 Å². The summed E-state index contributed by atoms with van der Waals surface area (Å²) in [6.45, 7) is 1.75. The average Bonchev–Trinajstić information content (AvgIpc) is 3.05. The lowest BCUT2D eigenvalue weighted by Gasteiger charge is -2.10. The summed E-state index contributed by atoms with van der Waals surface area (Å²) in [6.07, 6.45) is 1.57. The van der Waals surface area contributed by atoms with Gasteiger partial charge in [-0.2, -0.15) is 5.10 Å². The van der Waals surface area contributed by atoms with Crippen molar-refractivity contribution >= 4 is 23.2 Å². The van der Waals surface area contributed by atoms with E-state index in [9.17, 15) is 4.79 Å². The van der Waals surface area contributed by atoms with Gasteiger partial charge in [-0.25, -0.2) is 10.1 Å². The number of benzene rings is 2. The lowest BCUT2D eigenvalue weighted by molar-refractivity contribution is -0.124. The topological polar surface area (TPSA) is 81.4 Å². The first-order valence-corrected chi connectivity index (χ1v) is 7.46. The van der Waals surface area contributed by atoms with Crippen molar-refractivity contribution in [3.8, 4) is 5.75 Å². The van der Waals surface area contributed by atoms with Crippen molar-refractivity contribution in [2.24, 2.45) is 5.10 Å². The normalized spacial score (nSPS) is 12.4. The fraction of sp³-hybridized carbons (Fsp3) is 0.176. The Morgan fingerprint density at radius 3 is 2.75 bits per heavy atom. The molecule has 1 N–H and O–H groups in total. The number of methoxy groups -OCH3 is 1. The summed E-state index contributed by atoms with van der Waals surface area (Å²) in [5.41, 5.74) is 4.93. The molecule has 0 spiro atoms. The van der Waals surface area contributed by atoms with Crippen molar-refractivity contribution in [1.29, 1.82) is 0 Å². The van der Waals surface area contributed by atoms with E-state index in [0.29, 0.717) is 0 Å². The highest BCUT2D eigenvalue weighted by molar-refractivity contribution is 5.85. The maximum Gasteiger partial charge on any atom is 0.264 e. The number of hydrazone groups is 1. The second kappa shape index (κ2) is 6.91. The molecular weight excluding hydrogens is 306 g/mol. The van der Waals surface area contributed by atoms with Gasteiger partial charge in [-0.05, 0) is 48.9 Å². The third-order valence-corrected chi connectivity index (χ3v) is 3.63. The van der Waals surface area contributed by atoms with E-state index < -0.39 is 6.04 Å². The molecule has 1 aromatic heterocycles. The third-order valence-electron chi connectivity index (χ3n) is 3.63. The Labute approximate surface area is 138 Å². The molecule has 0 bridgehead atoms. The number of rotatable bonds is 5. The minimum Gasteiger partial charge on any atom is -0.497 e. The van der Waals surface area contributed by atoms with Gasteiger partial charge in [0.25, 0.3) is 5.91 Å². The first-order chi connectivity index (χ1) is 11.7. The fourth-order valence-corrected chi connectivity index (χ4v) is 2.24. The molecule has 0 saturated carbocycles. The summed E-state index contributed by atoms with van der Waals surface area (Å²) in [5, 5.41) is 12.1. The summed E-state index contributed by atoms with van der Waals surface area (Å²) in [5.74, 6) is 0.498. The van der Waals surface area contributed by atoms with Gasteiger partial charge < -0.3 is 4.74 Å². The van der Waals surface area contributed by atoms with Gasteiger partial charge in [0.15, 0.2) is 0 Å². The first-order valence-electron chi connectivity index (χ1n) is 7.46. The number of fused-ring (bicyclic) bond motifs is 1. The lowest BCUT2D eigenvalue weighted by atomic mass is 10.2. The highest BCUT2D eigenvalue weighted by Crippen LogP contribution is 2.15. The fourth-order valence-electron chi connectivity index (χ4n) is 2.24. The Morgan fingerprint density at radius 2 is 2.00 bits per heavy atom. The molecule has 0 aliphatic rings. The quantitative estimate of drug-likeness (QED) is 0.576. The monoisotopic (exact) mass is 323 g/mol. The van der Waals surface area contributed by atoms with Crippen LogP contribution in [0.1, 0.15) is 18.5 Å². The Bertz CT molecular complexity index is 870. The molecule has 1 atom stereocenters. The lowest BCUT2D eigenvalue weighted by Crippen LogP contribution is -2.28. The van der Waals surface area contributed by atoms with E-state index >= 15 is 0 Å². The smallest absolute Gasteiger partial charge is 0.264 e. The highest BCUT2D eigenvalue weighted by Gasteiger charge is 2.17. The summed E-state index contributed by atoms with van der Waals surface area (Å²) in [4.78, 5) is 12.2. The van der Waals surface area contributed by atoms with Crippen molar-refractivity contribution in [3.05, 3.63) is 54.1 Å². The van der Waals surface area contributed by atoms with Crippen LogP contribution in [0.5, 0.6) is 5.75 Å². The van der Waals surface area contributed by atoms with Gasteiger partial charge in [-0.15, -0.1) is 5.10 Å². The van der Waals surface area contributed by atoms with Crippen molar-refractivity contribution in [2.75, 3.05) is 7.11 Å². The van der Waals surface area contributed by atoms with E-state index in [2.05, 4.69) is 20.8 Å². The van der Waals surface area contributed by atoms with Crippen LogP contribution < -0.4 is 10.2 Å². The minimum absolute atomic E-state index is 0.268. The van der Waals surface area contributed by atoms with Crippen LogP contribution in [-0.4, -0.2) is 34.2 Å². The molecule has 0 radical (unpaired) electrons. The highest BCUT2D eigenvalue weighted by atomic mass is 16.5. The standard InChI is InChI=1S/C17H17N5O2/c1-12(22-16-6-4-3-5-15(16)19-21-22)17(23)20-18-11-13-7-9-14(24-2)10-8-13/h3-12H,1-2H3,(H,20,23)/b18-11-/t12-/m0/s1. The van der Waals surface area contributed by atoms with E-state index in [1.54, 1.807) is 24.9 Å². The molecule has 122 valence electrons. The summed E-state index contributed by atoms with van der Waals surface area (Å²) in [6, 6.07) is 14.3. The van der Waals surface area contributed by atoms with Crippen LogP contribution in [0.25, 0.3) is 11.0 Å². The van der Waals surface area contributed by atoms with Gasteiger partial charge in [0.2, 0.25) is 0 Å². The van der Waals surface area contributed by atoms with Crippen molar-refractivity contribution < 1.29 is 9.53 Å². The molecule has 0 aliphatic carbocycles. The Balaban J connectivity index is 1.66. The molecule has 3 aromatic rings. The average molecular weight is 323 g/mol. The number of amides is 1. The second-order valence-corrected chi connectivity index (χ2v) is 5.21. The zero-order valence-corrected chi connectivity index (χ0v) is 13.4. The molecule has 7 heteroatoms. The number of ether oxygens (including phenoxy) is 1. The maximum absolute atomic E-state index is 12.2. The molecular formula is C17H17N5O2. The van der Waals surface area contributed by atoms with E-state index in [4.69, 9.17) is 4.74 Å². The van der Waals surface area contributed by atoms with E-state index in [1.165, 1.54) is 0 Å². The Morgan fingerprint density at radius 1 is 1.25 bits per heavy atom. The zero-order chi connectivity index (χ0) is 16.9. The van der Waals surface area contributed by atoms with Crippen LogP contribution in [0.2, 0.25) is 0 Å². The molecule has 0 saturated heterocycles. The molecule has 0 unspecified atom stereocenters.